The van der Waals surface area contributed by atoms with Crippen LogP contribution in [0.1, 0.15) is 11.3 Å². The molecular weight excluding hydrogens is 588 g/mol. The van der Waals surface area contributed by atoms with Gasteiger partial charge in [0.25, 0.3) is 0 Å². The van der Waals surface area contributed by atoms with E-state index in [2.05, 4.69) is 31.5 Å². The van der Waals surface area contributed by atoms with Gasteiger partial charge in [-0.05, 0) is 71.4 Å². The van der Waals surface area contributed by atoms with E-state index < -0.39 is 17.8 Å². The maximum Gasteiger partial charge on any atom is 0.319 e. The van der Waals surface area contributed by atoms with Crippen molar-refractivity contribution in [2.75, 3.05) is 23.8 Å². The van der Waals surface area contributed by atoms with Gasteiger partial charge in [0.1, 0.15) is 17.0 Å². The van der Waals surface area contributed by atoms with Gasteiger partial charge in [-0.15, -0.1) is 0 Å². The second-order valence-corrected chi connectivity index (χ2v) is 9.51. The van der Waals surface area contributed by atoms with E-state index in [9.17, 15) is 14.0 Å². The van der Waals surface area contributed by atoms with E-state index >= 15 is 0 Å². The molecule has 8 nitrogen and oxygen atoms in total. The molecule has 0 saturated heterocycles. The van der Waals surface area contributed by atoms with E-state index in [4.69, 9.17) is 27.9 Å². The number of aryl methyl sites for hydroxylation is 1. The molecule has 0 saturated carbocycles. The van der Waals surface area contributed by atoms with Gasteiger partial charge in [0.2, 0.25) is 5.91 Å². The third-order valence-corrected chi connectivity index (χ3v) is 7.22. The van der Waals surface area contributed by atoms with Gasteiger partial charge in [0.15, 0.2) is 11.4 Å². The number of anilines is 2. The van der Waals surface area contributed by atoms with Crippen molar-refractivity contribution in [2.24, 2.45) is 0 Å². The van der Waals surface area contributed by atoms with Crippen LogP contribution in [0.2, 0.25) is 10.0 Å². The molecule has 192 valence electrons. The van der Waals surface area contributed by atoms with Crippen molar-refractivity contribution >= 4 is 68.1 Å². The molecule has 0 aliphatic heterocycles. The molecule has 2 N–H and O–H groups in total. The number of urea groups is 1. The summed E-state index contributed by atoms with van der Waals surface area (Å²) in [4.78, 5) is 30.7. The largest absolute Gasteiger partial charge is 0.485 e. The highest BCUT2D eigenvalue weighted by atomic mass is 79.9. The van der Waals surface area contributed by atoms with Gasteiger partial charge in [0.05, 0.1) is 22.9 Å². The fraction of sp³-hybridized carbons (Fsp3) is 0.160. The van der Waals surface area contributed by atoms with Gasteiger partial charge >= 0.3 is 6.03 Å². The minimum atomic E-state index is -0.611. The Morgan fingerprint density at radius 1 is 1.16 bits per heavy atom. The average Bonchev–Trinajstić information content (AvgIpc) is 3.17. The second kappa shape index (κ2) is 11.4. The highest BCUT2D eigenvalue weighted by Gasteiger charge is 2.20. The Hall–Kier alpha value is -3.34. The molecule has 2 aromatic heterocycles. The number of fused-ring (bicyclic) bond motifs is 1. The first-order valence-corrected chi connectivity index (χ1v) is 12.5. The summed E-state index contributed by atoms with van der Waals surface area (Å²) in [6.07, 6.45) is 1.86. The summed E-state index contributed by atoms with van der Waals surface area (Å²) in [5.41, 5.74) is 2.72. The minimum Gasteiger partial charge on any atom is -0.485 e. The molecule has 4 aromatic rings. The standard InChI is InChI=1S/C25H21BrCl2FN5O3/c1-14-23(26)34-11-3-4-20(24(34)31-14)37-13-17-18(27)9-10-19(22(17)28)33(2)21(35)12-30-25(36)32-16-7-5-15(29)6-8-16/h3-11H,12-13H2,1-2H3,(H2,30,32,36). The SMILES string of the molecule is Cc1nc2c(OCc3c(Cl)ccc(N(C)C(=O)CNC(=O)Nc4ccc(F)cc4)c3Cl)cccn2c1Br. The maximum absolute atomic E-state index is 13.0. The third-order valence-electron chi connectivity index (χ3n) is 5.49. The normalized spacial score (nSPS) is 10.9. The molecular formula is C25H21BrCl2FN5O3. The number of aromatic nitrogens is 2. The fourth-order valence-corrected chi connectivity index (χ4v) is 4.46. The van der Waals surface area contributed by atoms with Crippen LogP contribution >= 0.6 is 39.1 Å². The number of nitrogens with zero attached hydrogens (tertiary/aromatic N) is 3. The number of hydrogen-bond donors (Lipinski definition) is 2. The van der Waals surface area contributed by atoms with Crippen LogP contribution in [0.5, 0.6) is 5.75 Å². The van der Waals surface area contributed by atoms with Crippen LogP contribution in [0, 0.1) is 12.7 Å². The van der Waals surface area contributed by atoms with Gasteiger partial charge < -0.3 is 20.3 Å². The highest BCUT2D eigenvalue weighted by Crippen LogP contribution is 2.35. The van der Waals surface area contributed by atoms with Gasteiger partial charge in [-0.2, -0.15) is 0 Å². The van der Waals surface area contributed by atoms with Crippen LogP contribution in [0.4, 0.5) is 20.6 Å². The molecule has 2 aromatic carbocycles. The van der Waals surface area contributed by atoms with E-state index in [0.717, 1.165) is 10.3 Å². The van der Waals surface area contributed by atoms with Crippen molar-refractivity contribution in [1.82, 2.24) is 14.7 Å². The Morgan fingerprint density at radius 3 is 2.62 bits per heavy atom. The Morgan fingerprint density at radius 2 is 1.89 bits per heavy atom. The van der Waals surface area contributed by atoms with E-state index in [1.54, 1.807) is 18.2 Å². The van der Waals surface area contributed by atoms with Crippen LogP contribution in [0.3, 0.4) is 0 Å². The number of hydrogen-bond acceptors (Lipinski definition) is 4. The smallest absolute Gasteiger partial charge is 0.319 e. The summed E-state index contributed by atoms with van der Waals surface area (Å²) in [7, 11) is 1.53. The number of amides is 3. The number of rotatable bonds is 7. The summed E-state index contributed by atoms with van der Waals surface area (Å²) in [6.45, 7) is 1.62. The summed E-state index contributed by atoms with van der Waals surface area (Å²) < 4.78 is 21.7. The highest BCUT2D eigenvalue weighted by molar-refractivity contribution is 9.10. The number of likely N-dealkylation sites (N-methyl/N-ethyl adjacent to an activating group) is 1. The van der Waals surface area contributed by atoms with Crippen molar-refractivity contribution in [2.45, 2.75) is 13.5 Å². The van der Waals surface area contributed by atoms with Crippen molar-refractivity contribution in [3.63, 3.8) is 0 Å². The topological polar surface area (TPSA) is 88.0 Å². The molecule has 37 heavy (non-hydrogen) atoms. The molecule has 0 radical (unpaired) electrons. The molecule has 0 bridgehead atoms. The summed E-state index contributed by atoms with van der Waals surface area (Å²) in [5.74, 6) is -0.309. The number of halogens is 4. The van der Waals surface area contributed by atoms with E-state index in [0.29, 0.717) is 33.4 Å². The summed E-state index contributed by atoms with van der Waals surface area (Å²) in [6, 6.07) is 11.5. The first-order valence-electron chi connectivity index (χ1n) is 11.0. The monoisotopic (exact) mass is 607 g/mol. The molecule has 0 atom stereocenters. The lowest BCUT2D eigenvalue weighted by Crippen LogP contribution is -2.40. The van der Waals surface area contributed by atoms with Gasteiger partial charge in [-0.1, -0.05) is 23.2 Å². The molecule has 0 aliphatic rings. The number of pyridine rings is 1. The summed E-state index contributed by atoms with van der Waals surface area (Å²) in [5, 5.41) is 5.61. The average molecular weight is 609 g/mol. The lowest BCUT2D eigenvalue weighted by molar-refractivity contribution is -0.117. The molecule has 12 heteroatoms. The number of carbonyl (C=O) groups excluding carboxylic acids is 2. The minimum absolute atomic E-state index is 0.0368. The van der Waals surface area contributed by atoms with Gasteiger partial charge in [0, 0.05) is 29.5 Å². The zero-order chi connectivity index (χ0) is 26.7. The van der Waals surface area contributed by atoms with E-state index in [1.807, 2.05) is 23.6 Å². The Balaban J connectivity index is 1.43. The Bertz CT molecular complexity index is 1480. The van der Waals surface area contributed by atoms with Crippen LogP contribution < -0.4 is 20.3 Å². The number of ether oxygens (including phenoxy) is 1. The Labute approximate surface area is 230 Å². The Kier molecular flexibility index (Phi) is 8.21. The van der Waals surface area contributed by atoms with Gasteiger partial charge in [-0.25, -0.2) is 14.2 Å². The molecule has 0 fully saturated rings. The molecule has 0 aliphatic carbocycles. The number of carbonyl (C=O) groups is 2. The molecule has 3 amide bonds. The van der Waals surface area contributed by atoms with Crippen LogP contribution in [-0.2, 0) is 11.4 Å². The van der Waals surface area contributed by atoms with Crippen molar-refractivity contribution in [3.8, 4) is 5.75 Å². The first-order chi connectivity index (χ1) is 17.7. The number of nitrogens with one attached hydrogen (secondary N) is 2. The zero-order valence-electron chi connectivity index (χ0n) is 19.7. The molecule has 0 unspecified atom stereocenters. The van der Waals surface area contributed by atoms with Crippen molar-refractivity contribution < 1.29 is 18.7 Å². The van der Waals surface area contributed by atoms with Crippen LogP contribution in [0.25, 0.3) is 5.65 Å². The van der Waals surface area contributed by atoms with Gasteiger partial charge in [-0.3, -0.25) is 9.20 Å². The van der Waals surface area contributed by atoms with Crippen molar-refractivity contribution in [3.05, 3.63) is 86.5 Å². The fourth-order valence-electron chi connectivity index (χ4n) is 3.48. The lowest BCUT2D eigenvalue weighted by atomic mass is 10.2. The predicted octanol–water partition coefficient (Wildman–Crippen LogP) is 6.21. The van der Waals surface area contributed by atoms with Crippen LogP contribution in [0.15, 0.2) is 59.3 Å². The number of benzene rings is 2. The molecule has 4 rings (SSSR count). The quantitative estimate of drug-likeness (QED) is 0.261. The van der Waals surface area contributed by atoms with Crippen LogP contribution in [-0.4, -0.2) is 34.9 Å². The summed E-state index contributed by atoms with van der Waals surface area (Å²) >= 11 is 16.5. The maximum atomic E-state index is 13.0. The zero-order valence-corrected chi connectivity index (χ0v) is 22.8. The first kappa shape index (κ1) is 26.7. The third kappa shape index (κ3) is 5.98. The molecule has 2 heterocycles. The molecule has 0 spiro atoms. The van der Waals surface area contributed by atoms with Crippen molar-refractivity contribution in [1.29, 1.82) is 0 Å². The second-order valence-electron chi connectivity index (χ2n) is 7.97. The number of imidazole rings is 1. The van der Waals surface area contributed by atoms with E-state index in [1.165, 1.54) is 36.2 Å². The predicted molar refractivity (Wildman–Crippen MR) is 145 cm³/mol. The van der Waals surface area contributed by atoms with E-state index in [-0.39, 0.29) is 18.2 Å². The lowest BCUT2D eigenvalue weighted by Gasteiger charge is -2.21.